The minimum Gasteiger partial charge on any atom is -0.448 e. The molecule has 1 atom stereocenters. The molecule has 1 aliphatic heterocycles. The molecule has 0 radical (unpaired) electrons. The Bertz CT molecular complexity index is 730. The summed E-state index contributed by atoms with van der Waals surface area (Å²) >= 11 is 0. The van der Waals surface area contributed by atoms with Crippen LogP contribution >= 0.6 is 0 Å². The van der Waals surface area contributed by atoms with E-state index in [1.807, 2.05) is 24.3 Å². The summed E-state index contributed by atoms with van der Waals surface area (Å²) in [6, 6.07) is 16.2. The number of aliphatic hydroxyl groups excluding tert-OH is 1. The minimum atomic E-state index is -0.385. The Labute approximate surface area is 146 Å². The molecule has 5 heteroatoms. The number of ether oxygens (including phenoxy) is 2. The van der Waals surface area contributed by atoms with Crippen LogP contribution in [0.2, 0.25) is 0 Å². The molecule has 1 N–H and O–H groups in total. The van der Waals surface area contributed by atoms with Gasteiger partial charge in [-0.05, 0) is 22.3 Å². The zero-order chi connectivity index (χ0) is 17.2. The first-order valence-electron chi connectivity index (χ1n) is 8.60. The van der Waals surface area contributed by atoms with Gasteiger partial charge in [0.25, 0.3) is 0 Å². The first-order chi connectivity index (χ1) is 12.3. The van der Waals surface area contributed by atoms with Crippen molar-refractivity contribution >= 4 is 6.09 Å². The molecule has 1 fully saturated rings. The maximum absolute atomic E-state index is 12.5. The summed E-state index contributed by atoms with van der Waals surface area (Å²) in [5.74, 6) is 0.0463. The van der Waals surface area contributed by atoms with Gasteiger partial charge in [0.05, 0.1) is 25.9 Å². The molecule has 0 spiro atoms. The zero-order valence-electron chi connectivity index (χ0n) is 13.9. The lowest BCUT2D eigenvalue weighted by Gasteiger charge is -2.33. The van der Waals surface area contributed by atoms with Gasteiger partial charge in [0.1, 0.15) is 6.61 Å². The van der Waals surface area contributed by atoms with E-state index >= 15 is 0 Å². The van der Waals surface area contributed by atoms with Crippen molar-refractivity contribution < 1.29 is 19.4 Å². The van der Waals surface area contributed by atoms with Gasteiger partial charge in [-0.25, -0.2) is 4.79 Å². The molecule has 1 heterocycles. The van der Waals surface area contributed by atoms with Gasteiger partial charge in [-0.3, -0.25) is 4.90 Å². The van der Waals surface area contributed by atoms with E-state index in [9.17, 15) is 9.90 Å². The molecular formula is C20H21NO4. The molecule has 2 aromatic rings. The van der Waals surface area contributed by atoms with Crippen LogP contribution in [-0.4, -0.2) is 55.1 Å². The third kappa shape index (κ3) is 2.90. The third-order valence-corrected chi connectivity index (χ3v) is 5.01. The number of carbonyl (C=O) groups excluding carboxylic acids is 1. The quantitative estimate of drug-likeness (QED) is 0.934. The minimum absolute atomic E-state index is 0.0463. The Hall–Kier alpha value is -2.37. The molecule has 25 heavy (non-hydrogen) atoms. The van der Waals surface area contributed by atoms with Crippen molar-refractivity contribution in [2.75, 3.05) is 33.0 Å². The van der Waals surface area contributed by atoms with E-state index < -0.39 is 0 Å². The third-order valence-electron chi connectivity index (χ3n) is 5.01. The topological polar surface area (TPSA) is 59.0 Å². The van der Waals surface area contributed by atoms with E-state index in [1.165, 1.54) is 22.3 Å². The largest absolute Gasteiger partial charge is 0.448 e. The van der Waals surface area contributed by atoms with Crippen LogP contribution in [0.4, 0.5) is 4.79 Å². The Morgan fingerprint density at radius 3 is 2.40 bits per heavy atom. The average molecular weight is 339 g/mol. The zero-order valence-corrected chi connectivity index (χ0v) is 13.9. The van der Waals surface area contributed by atoms with E-state index in [2.05, 4.69) is 24.3 Å². The molecule has 1 amide bonds. The van der Waals surface area contributed by atoms with Crippen LogP contribution in [0.25, 0.3) is 11.1 Å². The molecule has 0 saturated carbocycles. The second-order valence-corrected chi connectivity index (χ2v) is 6.41. The number of fused-ring (bicyclic) bond motifs is 3. The van der Waals surface area contributed by atoms with Crippen LogP contribution in [-0.2, 0) is 9.47 Å². The van der Waals surface area contributed by atoms with Crippen molar-refractivity contribution in [3.63, 3.8) is 0 Å². The summed E-state index contributed by atoms with van der Waals surface area (Å²) in [6.45, 7) is 1.44. The molecule has 2 aromatic carbocycles. The lowest BCUT2D eigenvalue weighted by Crippen LogP contribution is -2.50. The number of morpholine rings is 1. The van der Waals surface area contributed by atoms with Crippen LogP contribution in [0.5, 0.6) is 0 Å². The molecule has 1 unspecified atom stereocenters. The first kappa shape index (κ1) is 16.1. The van der Waals surface area contributed by atoms with Crippen molar-refractivity contribution in [1.29, 1.82) is 0 Å². The molecule has 0 bridgehead atoms. The Balaban J connectivity index is 1.52. The van der Waals surface area contributed by atoms with Gasteiger partial charge in [-0.2, -0.15) is 0 Å². The maximum atomic E-state index is 12.5. The van der Waals surface area contributed by atoms with Gasteiger partial charge < -0.3 is 14.6 Å². The molecule has 5 nitrogen and oxygen atoms in total. The maximum Gasteiger partial charge on any atom is 0.410 e. The monoisotopic (exact) mass is 339 g/mol. The summed E-state index contributed by atoms with van der Waals surface area (Å²) in [7, 11) is 0. The Morgan fingerprint density at radius 2 is 1.76 bits per heavy atom. The highest BCUT2D eigenvalue weighted by Crippen LogP contribution is 2.44. The average Bonchev–Trinajstić information content (AvgIpc) is 3.00. The second kappa shape index (κ2) is 6.86. The predicted molar refractivity (Wildman–Crippen MR) is 93.5 cm³/mol. The van der Waals surface area contributed by atoms with Crippen molar-refractivity contribution in [2.45, 2.75) is 12.0 Å². The molecule has 1 saturated heterocycles. The summed E-state index contributed by atoms with van der Waals surface area (Å²) in [5.41, 5.74) is 4.80. The SMILES string of the molecule is O=C(OCC1c2ccccc2-c2ccccc21)N1CCOCC1CO. The number of hydrogen-bond acceptors (Lipinski definition) is 4. The van der Waals surface area contributed by atoms with Crippen molar-refractivity contribution in [3.8, 4) is 11.1 Å². The Kier molecular flexibility index (Phi) is 4.42. The number of benzene rings is 2. The van der Waals surface area contributed by atoms with Crippen LogP contribution in [0, 0.1) is 0 Å². The van der Waals surface area contributed by atoms with Crippen LogP contribution < -0.4 is 0 Å². The number of nitrogens with zero attached hydrogens (tertiary/aromatic N) is 1. The van der Waals surface area contributed by atoms with Gasteiger partial charge in [0, 0.05) is 12.5 Å². The molecule has 2 aliphatic rings. The summed E-state index contributed by atoms with van der Waals surface area (Å²) in [6.07, 6.45) is -0.385. The van der Waals surface area contributed by atoms with Crippen LogP contribution in [0.15, 0.2) is 48.5 Å². The summed E-state index contributed by atoms with van der Waals surface area (Å²) in [4.78, 5) is 14.1. The number of aliphatic hydroxyl groups is 1. The molecule has 4 rings (SSSR count). The Morgan fingerprint density at radius 1 is 1.12 bits per heavy atom. The van der Waals surface area contributed by atoms with Gasteiger partial charge in [0.2, 0.25) is 0 Å². The van der Waals surface area contributed by atoms with E-state index in [4.69, 9.17) is 9.47 Å². The van der Waals surface area contributed by atoms with E-state index in [-0.39, 0.29) is 24.7 Å². The fraction of sp³-hybridized carbons (Fsp3) is 0.350. The van der Waals surface area contributed by atoms with Gasteiger partial charge >= 0.3 is 6.09 Å². The lowest BCUT2D eigenvalue weighted by molar-refractivity contribution is -0.0261. The fourth-order valence-corrected chi connectivity index (χ4v) is 3.72. The first-order valence-corrected chi connectivity index (χ1v) is 8.60. The van der Waals surface area contributed by atoms with Crippen molar-refractivity contribution in [3.05, 3.63) is 59.7 Å². The number of amides is 1. The standard InChI is InChI=1S/C20H21NO4/c22-11-14-12-24-10-9-21(14)20(23)25-13-19-17-7-3-1-5-15(17)16-6-2-4-8-18(16)19/h1-8,14,19,22H,9-13H2. The molecule has 130 valence electrons. The second-order valence-electron chi connectivity index (χ2n) is 6.41. The summed E-state index contributed by atoms with van der Waals surface area (Å²) < 4.78 is 10.9. The highest BCUT2D eigenvalue weighted by molar-refractivity contribution is 5.79. The lowest BCUT2D eigenvalue weighted by atomic mass is 9.98. The number of carbonyl (C=O) groups is 1. The fourth-order valence-electron chi connectivity index (χ4n) is 3.72. The van der Waals surface area contributed by atoms with E-state index in [0.29, 0.717) is 26.4 Å². The highest BCUT2D eigenvalue weighted by Gasteiger charge is 2.32. The predicted octanol–water partition coefficient (Wildman–Crippen LogP) is 2.63. The van der Waals surface area contributed by atoms with Gasteiger partial charge in [-0.15, -0.1) is 0 Å². The highest BCUT2D eigenvalue weighted by atomic mass is 16.6. The number of hydrogen-bond donors (Lipinski definition) is 1. The molecule has 0 aromatic heterocycles. The number of rotatable bonds is 3. The van der Waals surface area contributed by atoms with Crippen molar-refractivity contribution in [2.24, 2.45) is 0 Å². The molecular weight excluding hydrogens is 318 g/mol. The summed E-state index contributed by atoms with van der Waals surface area (Å²) in [5, 5.41) is 9.42. The smallest absolute Gasteiger partial charge is 0.410 e. The van der Waals surface area contributed by atoms with Crippen LogP contribution in [0.1, 0.15) is 17.0 Å². The van der Waals surface area contributed by atoms with Crippen molar-refractivity contribution in [1.82, 2.24) is 4.90 Å². The normalized spacial score (nSPS) is 19.4. The van der Waals surface area contributed by atoms with E-state index in [0.717, 1.165) is 0 Å². The van der Waals surface area contributed by atoms with Gasteiger partial charge in [0.15, 0.2) is 0 Å². The van der Waals surface area contributed by atoms with Gasteiger partial charge in [-0.1, -0.05) is 48.5 Å². The van der Waals surface area contributed by atoms with Crippen LogP contribution in [0.3, 0.4) is 0 Å². The van der Waals surface area contributed by atoms with E-state index in [1.54, 1.807) is 4.90 Å². The molecule has 1 aliphatic carbocycles.